The average Bonchev–Trinajstić information content (AvgIpc) is 2.34. The van der Waals surface area contributed by atoms with Crippen LogP contribution >= 0.6 is 0 Å². The molecule has 0 saturated carbocycles. The molecule has 0 bridgehead atoms. The van der Waals surface area contributed by atoms with E-state index >= 15 is 0 Å². The number of anilines is 1. The molecular formula is C15H19N3. The Morgan fingerprint density at radius 3 is 2.78 bits per heavy atom. The molecule has 1 aromatic carbocycles. The lowest BCUT2D eigenvalue weighted by Crippen LogP contribution is -2.09. The molecule has 0 saturated heterocycles. The highest BCUT2D eigenvalue weighted by atomic mass is 15.0. The van der Waals surface area contributed by atoms with Gasteiger partial charge in [-0.1, -0.05) is 29.8 Å². The van der Waals surface area contributed by atoms with Crippen LogP contribution in [0.1, 0.15) is 22.5 Å². The third-order valence-corrected chi connectivity index (χ3v) is 2.86. The smallest absolute Gasteiger partial charge is 0.147 e. The van der Waals surface area contributed by atoms with E-state index in [-0.39, 0.29) is 0 Å². The lowest BCUT2D eigenvalue weighted by molar-refractivity contribution is 0.974. The third kappa shape index (κ3) is 3.29. The van der Waals surface area contributed by atoms with Gasteiger partial charge in [-0.2, -0.15) is 0 Å². The first-order valence-electron chi connectivity index (χ1n) is 6.25. The molecule has 1 heterocycles. The Hall–Kier alpha value is -1.90. The standard InChI is InChI=1S/C15H19N3/c1-11-5-4-6-14(9-11)7-8-16-15-13(3)17-10-12(2)18-15/h4-6,9-10H,7-8H2,1-3H3,(H,16,18). The molecule has 1 N–H and O–H groups in total. The zero-order valence-electron chi connectivity index (χ0n) is 11.2. The van der Waals surface area contributed by atoms with Crippen molar-refractivity contribution < 1.29 is 0 Å². The van der Waals surface area contributed by atoms with Crippen LogP contribution in [0.5, 0.6) is 0 Å². The van der Waals surface area contributed by atoms with Gasteiger partial charge in [0.1, 0.15) is 5.82 Å². The first kappa shape index (κ1) is 12.6. The molecule has 0 spiro atoms. The van der Waals surface area contributed by atoms with E-state index in [0.717, 1.165) is 30.2 Å². The number of benzene rings is 1. The monoisotopic (exact) mass is 241 g/mol. The highest BCUT2D eigenvalue weighted by Gasteiger charge is 2.01. The van der Waals surface area contributed by atoms with Gasteiger partial charge in [-0.25, -0.2) is 4.98 Å². The SMILES string of the molecule is Cc1cccc(CCNc2nc(C)cnc2C)c1. The minimum Gasteiger partial charge on any atom is -0.368 e. The van der Waals surface area contributed by atoms with Gasteiger partial charge in [-0.15, -0.1) is 0 Å². The topological polar surface area (TPSA) is 37.8 Å². The molecule has 3 heteroatoms. The first-order chi connectivity index (χ1) is 8.65. The van der Waals surface area contributed by atoms with Gasteiger partial charge in [-0.3, -0.25) is 4.98 Å². The van der Waals surface area contributed by atoms with Gasteiger partial charge < -0.3 is 5.32 Å². The van der Waals surface area contributed by atoms with Gasteiger partial charge in [0.25, 0.3) is 0 Å². The van der Waals surface area contributed by atoms with Crippen molar-refractivity contribution in [3.05, 3.63) is 53.0 Å². The maximum atomic E-state index is 4.45. The Bertz CT molecular complexity index is 535. The number of aromatic nitrogens is 2. The highest BCUT2D eigenvalue weighted by Crippen LogP contribution is 2.09. The van der Waals surface area contributed by atoms with E-state index in [1.54, 1.807) is 6.20 Å². The number of aryl methyl sites for hydroxylation is 3. The van der Waals surface area contributed by atoms with Gasteiger partial charge in [0.05, 0.1) is 11.4 Å². The zero-order chi connectivity index (χ0) is 13.0. The fourth-order valence-electron chi connectivity index (χ4n) is 1.90. The fourth-order valence-corrected chi connectivity index (χ4v) is 1.90. The molecule has 0 radical (unpaired) electrons. The largest absolute Gasteiger partial charge is 0.368 e. The molecule has 0 aliphatic heterocycles. The molecule has 0 unspecified atom stereocenters. The van der Waals surface area contributed by atoms with E-state index in [1.807, 2.05) is 13.8 Å². The predicted molar refractivity (Wildman–Crippen MR) is 74.9 cm³/mol. The van der Waals surface area contributed by atoms with Crippen LogP contribution in [0.4, 0.5) is 5.82 Å². The van der Waals surface area contributed by atoms with Crippen molar-refractivity contribution in [2.24, 2.45) is 0 Å². The third-order valence-electron chi connectivity index (χ3n) is 2.86. The molecule has 94 valence electrons. The first-order valence-corrected chi connectivity index (χ1v) is 6.25. The lowest BCUT2D eigenvalue weighted by atomic mass is 10.1. The molecule has 0 aliphatic carbocycles. The van der Waals surface area contributed by atoms with Gasteiger partial charge in [0, 0.05) is 12.7 Å². The molecule has 0 aliphatic rings. The van der Waals surface area contributed by atoms with Crippen molar-refractivity contribution >= 4 is 5.82 Å². The van der Waals surface area contributed by atoms with E-state index in [4.69, 9.17) is 0 Å². The van der Waals surface area contributed by atoms with Crippen molar-refractivity contribution in [3.8, 4) is 0 Å². The van der Waals surface area contributed by atoms with E-state index in [2.05, 4.69) is 46.5 Å². The van der Waals surface area contributed by atoms with Crippen LogP contribution in [0, 0.1) is 20.8 Å². The number of hydrogen-bond acceptors (Lipinski definition) is 3. The molecule has 1 aromatic heterocycles. The minimum atomic E-state index is 0.877. The Balaban J connectivity index is 1.94. The van der Waals surface area contributed by atoms with Gasteiger partial charge in [0.15, 0.2) is 0 Å². The average molecular weight is 241 g/mol. The summed E-state index contributed by atoms with van der Waals surface area (Å²) in [6, 6.07) is 8.59. The summed E-state index contributed by atoms with van der Waals surface area (Å²) in [6.45, 7) is 6.93. The highest BCUT2D eigenvalue weighted by molar-refractivity contribution is 5.39. The zero-order valence-corrected chi connectivity index (χ0v) is 11.2. The second kappa shape index (κ2) is 5.63. The van der Waals surface area contributed by atoms with Crippen LogP contribution in [0.25, 0.3) is 0 Å². The maximum Gasteiger partial charge on any atom is 0.147 e. The normalized spacial score (nSPS) is 10.4. The molecule has 2 aromatic rings. The summed E-state index contributed by atoms with van der Waals surface area (Å²) in [5.41, 5.74) is 4.54. The molecule has 0 fully saturated rings. The quantitative estimate of drug-likeness (QED) is 0.894. The number of nitrogens with one attached hydrogen (secondary N) is 1. The Labute approximate surface area is 108 Å². The minimum absolute atomic E-state index is 0.877. The van der Waals surface area contributed by atoms with E-state index in [0.29, 0.717) is 0 Å². The van der Waals surface area contributed by atoms with Crippen LogP contribution in [-0.4, -0.2) is 16.5 Å². The van der Waals surface area contributed by atoms with Crippen LogP contribution < -0.4 is 5.32 Å². The summed E-state index contributed by atoms with van der Waals surface area (Å²) in [5, 5.41) is 3.35. The Kier molecular flexibility index (Phi) is 3.92. The van der Waals surface area contributed by atoms with E-state index in [9.17, 15) is 0 Å². The summed E-state index contributed by atoms with van der Waals surface area (Å²) >= 11 is 0. The van der Waals surface area contributed by atoms with Crippen LogP contribution in [0.15, 0.2) is 30.5 Å². The van der Waals surface area contributed by atoms with Crippen molar-refractivity contribution in [1.29, 1.82) is 0 Å². The summed E-state index contributed by atoms with van der Waals surface area (Å²) < 4.78 is 0. The van der Waals surface area contributed by atoms with Crippen LogP contribution in [-0.2, 0) is 6.42 Å². The fraction of sp³-hybridized carbons (Fsp3) is 0.333. The molecule has 0 atom stereocenters. The van der Waals surface area contributed by atoms with Gasteiger partial charge >= 0.3 is 0 Å². The molecule has 0 amide bonds. The van der Waals surface area contributed by atoms with Crippen LogP contribution in [0.3, 0.4) is 0 Å². The van der Waals surface area contributed by atoms with Crippen LogP contribution in [0.2, 0.25) is 0 Å². The molecule has 2 rings (SSSR count). The second-order valence-electron chi connectivity index (χ2n) is 4.61. The summed E-state index contributed by atoms with van der Waals surface area (Å²) in [7, 11) is 0. The van der Waals surface area contributed by atoms with Crippen molar-refractivity contribution in [2.75, 3.05) is 11.9 Å². The summed E-state index contributed by atoms with van der Waals surface area (Å²) in [6.07, 6.45) is 2.79. The Morgan fingerprint density at radius 2 is 2.00 bits per heavy atom. The van der Waals surface area contributed by atoms with Crippen molar-refractivity contribution in [2.45, 2.75) is 27.2 Å². The van der Waals surface area contributed by atoms with Crippen molar-refractivity contribution in [3.63, 3.8) is 0 Å². The predicted octanol–water partition coefficient (Wildman–Crippen LogP) is 3.06. The number of rotatable bonds is 4. The number of nitrogens with zero attached hydrogens (tertiary/aromatic N) is 2. The maximum absolute atomic E-state index is 4.45. The second-order valence-corrected chi connectivity index (χ2v) is 4.61. The summed E-state index contributed by atoms with van der Waals surface area (Å²) in [5.74, 6) is 0.891. The van der Waals surface area contributed by atoms with Crippen molar-refractivity contribution in [1.82, 2.24) is 9.97 Å². The van der Waals surface area contributed by atoms with E-state index in [1.165, 1.54) is 11.1 Å². The molecule has 3 nitrogen and oxygen atoms in total. The van der Waals surface area contributed by atoms with Gasteiger partial charge in [0.2, 0.25) is 0 Å². The summed E-state index contributed by atoms with van der Waals surface area (Å²) in [4.78, 5) is 8.74. The van der Waals surface area contributed by atoms with Gasteiger partial charge in [-0.05, 0) is 32.8 Å². The molecule has 18 heavy (non-hydrogen) atoms. The molecular weight excluding hydrogens is 222 g/mol. The van der Waals surface area contributed by atoms with E-state index < -0.39 is 0 Å². The number of hydrogen-bond donors (Lipinski definition) is 1. The Morgan fingerprint density at radius 1 is 1.17 bits per heavy atom. The lowest BCUT2D eigenvalue weighted by Gasteiger charge is -2.08.